The van der Waals surface area contributed by atoms with Gasteiger partial charge in [0.15, 0.2) is 0 Å². The summed E-state index contributed by atoms with van der Waals surface area (Å²) in [5.41, 5.74) is 7.23. The Morgan fingerprint density at radius 3 is 2.80 bits per heavy atom. The van der Waals surface area contributed by atoms with Crippen molar-refractivity contribution in [2.24, 2.45) is 11.7 Å². The van der Waals surface area contributed by atoms with Gasteiger partial charge < -0.3 is 15.7 Å². The summed E-state index contributed by atoms with van der Waals surface area (Å²) in [6, 6.07) is 5.81. The zero-order valence-corrected chi connectivity index (χ0v) is 14.1. The number of benzene rings is 1. The van der Waals surface area contributed by atoms with Crippen LogP contribution in [0.1, 0.15) is 30.9 Å². The van der Waals surface area contributed by atoms with Crippen molar-refractivity contribution < 1.29 is 5.11 Å². The van der Waals surface area contributed by atoms with Gasteiger partial charge in [0.1, 0.15) is 0 Å². The van der Waals surface area contributed by atoms with Crippen LogP contribution in [0.15, 0.2) is 22.7 Å². The Balaban J connectivity index is 1.77. The fourth-order valence-electron chi connectivity index (χ4n) is 2.70. The molecule has 1 aromatic carbocycles. The Morgan fingerprint density at radius 1 is 1.50 bits per heavy atom. The first kappa shape index (κ1) is 16.2. The van der Waals surface area contributed by atoms with E-state index >= 15 is 0 Å². The largest absolute Gasteiger partial charge is 0.393 e. The summed E-state index contributed by atoms with van der Waals surface area (Å²) in [6.45, 7) is 1.98. The van der Waals surface area contributed by atoms with Crippen molar-refractivity contribution in [2.75, 3.05) is 20.1 Å². The number of nitrogens with two attached hydrogens (primary N) is 1. The molecule has 1 aliphatic rings. The Hall–Kier alpha value is -0.130. The summed E-state index contributed by atoms with van der Waals surface area (Å²) >= 11 is 9.62. The van der Waals surface area contributed by atoms with Crippen LogP contribution in [0.2, 0.25) is 5.02 Å². The van der Waals surface area contributed by atoms with Crippen LogP contribution in [-0.4, -0.2) is 36.2 Å². The fourth-order valence-corrected chi connectivity index (χ4v) is 3.51. The van der Waals surface area contributed by atoms with Gasteiger partial charge in [-0.05, 0) is 56.5 Å². The van der Waals surface area contributed by atoms with Gasteiger partial charge >= 0.3 is 0 Å². The third-order valence-corrected chi connectivity index (χ3v) is 4.79. The van der Waals surface area contributed by atoms with Gasteiger partial charge in [0.2, 0.25) is 0 Å². The first-order valence-corrected chi connectivity index (χ1v) is 8.20. The van der Waals surface area contributed by atoms with Crippen LogP contribution in [0.25, 0.3) is 0 Å². The highest BCUT2D eigenvalue weighted by Crippen LogP contribution is 2.29. The van der Waals surface area contributed by atoms with Crippen LogP contribution in [0.4, 0.5) is 0 Å². The van der Waals surface area contributed by atoms with Crippen molar-refractivity contribution in [3.63, 3.8) is 0 Å². The highest BCUT2D eigenvalue weighted by atomic mass is 79.9. The van der Waals surface area contributed by atoms with Gasteiger partial charge in [-0.25, -0.2) is 0 Å². The average Bonchev–Trinajstić information content (AvgIpc) is 2.34. The second-order valence-electron chi connectivity index (χ2n) is 5.81. The summed E-state index contributed by atoms with van der Waals surface area (Å²) in [5.74, 6) is 0.641. The van der Waals surface area contributed by atoms with E-state index in [1.165, 1.54) is 0 Å². The third-order valence-electron chi connectivity index (χ3n) is 3.96. The second kappa shape index (κ2) is 7.23. The summed E-state index contributed by atoms with van der Waals surface area (Å²) in [5, 5.41) is 10.0. The molecule has 112 valence electrons. The number of aliphatic hydroxyl groups excluding tert-OH is 1. The molecule has 0 aromatic heterocycles. The van der Waals surface area contributed by atoms with Crippen LogP contribution in [0.3, 0.4) is 0 Å². The minimum absolute atomic E-state index is 0.0370. The molecular weight excluding hydrogens is 340 g/mol. The summed E-state index contributed by atoms with van der Waals surface area (Å²) in [6.07, 6.45) is 2.69. The molecule has 1 atom stereocenters. The Morgan fingerprint density at radius 2 is 2.20 bits per heavy atom. The second-order valence-corrected chi connectivity index (χ2v) is 7.14. The van der Waals surface area contributed by atoms with Crippen molar-refractivity contribution in [3.05, 3.63) is 33.3 Å². The lowest BCUT2D eigenvalue weighted by molar-refractivity contribution is 0.0280. The molecule has 0 saturated heterocycles. The maximum absolute atomic E-state index is 9.29. The first-order chi connectivity index (χ1) is 9.45. The Kier molecular flexibility index (Phi) is 5.87. The van der Waals surface area contributed by atoms with Gasteiger partial charge in [0.25, 0.3) is 0 Å². The Labute approximate surface area is 134 Å². The number of hydrogen-bond donors (Lipinski definition) is 2. The molecule has 0 aliphatic heterocycles. The van der Waals surface area contributed by atoms with Gasteiger partial charge in [0.05, 0.1) is 6.10 Å². The molecule has 3 nitrogen and oxygen atoms in total. The molecule has 0 spiro atoms. The molecule has 1 aromatic rings. The molecule has 1 unspecified atom stereocenters. The van der Waals surface area contributed by atoms with E-state index in [4.69, 9.17) is 17.3 Å². The normalized spacial score (nSPS) is 23.7. The van der Waals surface area contributed by atoms with Crippen LogP contribution < -0.4 is 5.73 Å². The first-order valence-electron chi connectivity index (χ1n) is 7.03. The smallest absolute Gasteiger partial charge is 0.0546 e. The van der Waals surface area contributed by atoms with Crippen LogP contribution in [0, 0.1) is 5.92 Å². The van der Waals surface area contributed by atoms with Crippen molar-refractivity contribution in [1.29, 1.82) is 0 Å². The van der Waals surface area contributed by atoms with E-state index in [0.717, 1.165) is 47.4 Å². The van der Waals surface area contributed by atoms with Gasteiger partial charge in [-0.1, -0.05) is 33.6 Å². The van der Waals surface area contributed by atoms with E-state index in [1.54, 1.807) is 0 Å². The van der Waals surface area contributed by atoms with Crippen molar-refractivity contribution in [2.45, 2.75) is 31.4 Å². The van der Waals surface area contributed by atoms with Crippen molar-refractivity contribution >= 4 is 27.5 Å². The maximum Gasteiger partial charge on any atom is 0.0546 e. The Bertz CT molecular complexity index is 451. The highest BCUT2D eigenvalue weighted by molar-refractivity contribution is 9.10. The van der Waals surface area contributed by atoms with Crippen LogP contribution >= 0.6 is 27.5 Å². The molecule has 0 amide bonds. The zero-order chi connectivity index (χ0) is 14.7. The minimum Gasteiger partial charge on any atom is -0.393 e. The summed E-state index contributed by atoms with van der Waals surface area (Å²) in [4.78, 5) is 2.29. The molecule has 20 heavy (non-hydrogen) atoms. The predicted octanol–water partition coefficient (Wildman–Crippen LogP) is 3.20. The van der Waals surface area contributed by atoms with Gasteiger partial charge in [-0.2, -0.15) is 0 Å². The van der Waals surface area contributed by atoms with E-state index in [0.29, 0.717) is 5.92 Å². The SMILES string of the molecule is CN(CCC(N)c1ccc(Br)cc1Cl)CC1CC(O)C1. The lowest BCUT2D eigenvalue weighted by Crippen LogP contribution is -2.37. The quantitative estimate of drug-likeness (QED) is 0.818. The number of halogens is 2. The van der Waals surface area contributed by atoms with Gasteiger partial charge in [-0.15, -0.1) is 0 Å². The molecule has 5 heteroatoms. The van der Waals surface area contributed by atoms with Crippen molar-refractivity contribution in [3.8, 4) is 0 Å². The number of aliphatic hydroxyl groups is 1. The monoisotopic (exact) mass is 360 g/mol. The zero-order valence-electron chi connectivity index (χ0n) is 11.7. The molecule has 0 bridgehead atoms. The number of nitrogens with zero attached hydrogens (tertiary/aromatic N) is 1. The molecule has 1 aliphatic carbocycles. The highest BCUT2D eigenvalue weighted by Gasteiger charge is 2.27. The van der Waals surface area contributed by atoms with Gasteiger partial charge in [-0.3, -0.25) is 0 Å². The topological polar surface area (TPSA) is 49.5 Å². The van der Waals surface area contributed by atoms with E-state index in [-0.39, 0.29) is 12.1 Å². The lowest BCUT2D eigenvalue weighted by Gasteiger charge is -2.34. The van der Waals surface area contributed by atoms with Gasteiger partial charge in [0, 0.05) is 22.1 Å². The molecule has 0 radical (unpaired) electrons. The molecule has 1 saturated carbocycles. The van der Waals surface area contributed by atoms with E-state index in [1.807, 2.05) is 18.2 Å². The standard InChI is InChI=1S/C15H22BrClN2O/c1-19(9-10-6-12(20)7-10)5-4-15(18)13-3-2-11(16)8-14(13)17/h2-3,8,10,12,15,20H,4-7,9,18H2,1H3. The molecule has 0 heterocycles. The molecule has 3 N–H and O–H groups in total. The molecule has 2 rings (SSSR count). The van der Waals surface area contributed by atoms with Crippen LogP contribution in [-0.2, 0) is 0 Å². The summed E-state index contributed by atoms with van der Waals surface area (Å²) in [7, 11) is 2.11. The maximum atomic E-state index is 9.29. The van der Waals surface area contributed by atoms with E-state index < -0.39 is 0 Å². The lowest BCUT2D eigenvalue weighted by atomic mass is 9.82. The molecular formula is C15H22BrClN2O. The number of rotatable bonds is 6. The summed E-state index contributed by atoms with van der Waals surface area (Å²) < 4.78 is 0.971. The average molecular weight is 362 g/mol. The third kappa shape index (κ3) is 4.43. The van der Waals surface area contributed by atoms with Crippen molar-refractivity contribution in [1.82, 2.24) is 4.90 Å². The predicted molar refractivity (Wildman–Crippen MR) is 86.9 cm³/mol. The fraction of sp³-hybridized carbons (Fsp3) is 0.600. The minimum atomic E-state index is -0.0720. The van der Waals surface area contributed by atoms with E-state index in [2.05, 4.69) is 27.9 Å². The number of hydrogen-bond acceptors (Lipinski definition) is 3. The van der Waals surface area contributed by atoms with E-state index in [9.17, 15) is 5.11 Å². The van der Waals surface area contributed by atoms with Crippen LogP contribution in [0.5, 0.6) is 0 Å². The molecule has 1 fully saturated rings.